The van der Waals surface area contributed by atoms with E-state index >= 15 is 0 Å². The number of hydrogen-bond donors (Lipinski definition) is 2. The van der Waals surface area contributed by atoms with Crippen molar-refractivity contribution in [1.29, 1.82) is 0 Å². The smallest absolute Gasteiger partial charge is 0.319 e. The predicted octanol–water partition coefficient (Wildman–Crippen LogP) is 2.78. The summed E-state index contributed by atoms with van der Waals surface area (Å²) in [7, 11) is 3.58. The number of nitrogens with zero attached hydrogens (tertiary/aromatic N) is 5. The molecule has 154 valence electrons. The number of likely N-dealkylation sites (tertiary alicyclic amines) is 1. The van der Waals surface area contributed by atoms with Gasteiger partial charge in [-0.15, -0.1) is 4.59 Å². The highest BCUT2D eigenvalue weighted by atomic mass is 16.2. The van der Waals surface area contributed by atoms with E-state index in [0.29, 0.717) is 13.1 Å². The van der Waals surface area contributed by atoms with Gasteiger partial charge in [-0.2, -0.15) is 10.8 Å². The maximum Gasteiger partial charge on any atom is 0.319 e. The van der Waals surface area contributed by atoms with Gasteiger partial charge in [0.05, 0.1) is 12.4 Å². The first-order chi connectivity index (χ1) is 14.5. The minimum Gasteiger partial charge on any atom is -0.349 e. The van der Waals surface area contributed by atoms with E-state index in [-0.39, 0.29) is 16.5 Å². The lowest BCUT2D eigenvalue weighted by molar-refractivity contribution is -0.750. The van der Waals surface area contributed by atoms with E-state index in [4.69, 9.17) is 10.8 Å². The molecule has 3 N–H and O–H groups in total. The number of hydrogen-bond acceptors (Lipinski definition) is 4. The number of para-hydroxylation sites is 1. The Hall–Kier alpha value is -3.23. The van der Waals surface area contributed by atoms with Crippen LogP contribution in [0.15, 0.2) is 64.1 Å². The molecule has 0 spiro atoms. The average Bonchev–Trinajstić information content (AvgIpc) is 3.31. The maximum absolute atomic E-state index is 12.3. The van der Waals surface area contributed by atoms with Crippen LogP contribution in [-0.4, -0.2) is 64.6 Å². The molecule has 3 aliphatic rings. The predicted molar refractivity (Wildman–Crippen MR) is 117 cm³/mol. The van der Waals surface area contributed by atoms with Crippen molar-refractivity contribution >= 4 is 29.0 Å². The Bertz CT molecular complexity index is 1100. The second kappa shape index (κ2) is 6.93. The third kappa shape index (κ3) is 2.88. The van der Waals surface area contributed by atoms with Crippen LogP contribution in [0, 0.1) is 5.92 Å². The molecule has 0 bridgehead atoms. The van der Waals surface area contributed by atoms with E-state index in [1.807, 2.05) is 29.4 Å². The van der Waals surface area contributed by atoms with Crippen molar-refractivity contribution in [2.45, 2.75) is 12.8 Å². The van der Waals surface area contributed by atoms with Crippen LogP contribution in [0.2, 0.25) is 0 Å². The Morgan fingerprint density at radius 2 is 2.03 bits per heavy atom. The number of rotatable bonds is 2. The lowest BCUT2D eigenvalue weighted by atomic mass is 9.92. The minimum absolute atomic E-state index is 0.0164. The zero-order chi connectivity index (χ0) is 20.9. The fraction of sp³-hybridized carbons (Fsp3) is 0.318. The number of piperidine rings is 1. The average molecular weight is 404 g/mol. The van der Waals surface area contributed by atoms with Crippen molar-refractivity contribution < 1.29 is 9.39 Å². The molecule has 0 aliphatic carbocycles. The van der Waals surface area contributed by atoms with Gasteiger partial charge in [-0.25, -0.2) is 4.79 Å². The molecule has 0 radical (unpaired) electrons. The zero-order valence-electron chi connectivity index (χ0n) is 17.2. The van der Waals surface area contributed by atoms with E-state index in [1.165, 1.54) is 0 Å². The number of benzene rings is 1. The van der Waals surface area contributed by atoms with Crippen LogP contribution in [0.5, 0.6) is 0 Å². The number of carbonyl (C=O) groups excluding carboxylic acids is 1. The van der Waals surface area contributed by atoms with E-state index in [2.05, 4.69) is 28.2 Å². The van der Waals surface area contributed by atoms with E-state index < -0.39 is 0 Å². The standard InChI is InChI=1S/C22H26N7O/c1-27(2)22(30)28-10-7-15(8-11-28)20-19-14-24-9-12-29(19,23)21(26-20)18-13-16-5-3-4-6-17(16)25-18/h3-6,9,12-15,25H,7-8,10-11,23H2,1-2H3/q+1. The number of H-pyrrole nitrogens is 1. The van der Waals surface area contributed by atoms with Gasteiger partial charge in [-0.05, 0) is 25.0 Å². The summed E-state index contributed by atoms with van der Waals surface area (Å²) in [5.74, 6) is 7.87. The zero-order valence-corrected chi connectivity index (χ0v) is 17.2. The topological polar surface area (TPSA) is 90.1 Å². The molecule has 5 rings (SSSR count). The summed E-state index contributed by atoms with van der Waals surface area (Å²) >= 11 is 0. The Morgan fingerprint density at radius 1 is 1.27 bits per heavy atom. The van der Waals surface area contributed by atoms with Crippen molar-refractivity contribution in [3.8, 4) is 0 Å². The first-order valence-corrected chi connectivity index (χ1v) is 10.2. The molecule has 0 saturated carbocycles. The van der Waals surface area contributed by atoms with Gasteiger partial charge in [0.25, 0.3) is 5.84 Å². The molecular weight excluding hydrogens is 378 g/mol. The fourth-order valence-corrected chi connectivity index (χ4v) is 4.51. The number of nitrogens with two attached hydrogens (primary N) is 1. The normalized spacial score (nSPS) is 23.8. The first kappa shape index (κ1) is 18.8. The summed E-state index contributed by atoms with van der Waals surface area (Å²) in [4.78, 5) is 28.7. The highest BCUT2D eigenvalue weighted by Crippen LogP contribution is 2.38. The summed E-state index contributed by atoms with van der Waals surface area (Å²) in [6, 6.07) is 10.3. The molecule has 1 aromatic heterocycles. The third-order valence-electron chi connectivity index (χ3n) is 6.13. The Morgan fingerprint density at radius 3 is 2.77 bits per heavy atom. The summed E-state index contributed by atoms with van der Waals surface area (Å²) in [5, 5.41) is 1.13. The SMILES string of the molecule is CN(C)C(=O)N1CCC(C2=C3C=NC=C[N+]3(N)C(c3cc4ccccc4[nH]3)=N2)CC1. The first-order valence-electron chi connectivity index (χ1n) is 10.2. The quantitative estimate of drug-likeness (QED) is 0.595. The van der Waals surface area contributed by atoms with Gasteiger partial charge < -0.3 is 14.8 Å². The summed E-state index contributed by atoms with van der Waals surface area (Å²) in [6.07, 6.45) is 7.14. The largest absolute Gasteiger partial charge is 0.349 e. The molecule has 8 heteroatoms. The number of aromatic nitrogens is 1. The Labute approximate surface area is 175 Å². The van der Waals surface area contributed by atoms with Crippen LogP contribution in [0.4, 0.5) is 4.79 Å². The molecule has 2 amide bonds. The van der Waals surface area contributed by atoms with Gasteiger partial charge >= 0.3 is 6.03 Å². The van der Waals surface area contributed by atoms with E-state index in [0.717, 1.165) is 46.7 Å². The second-order valence-corrected chi connectivity index (χ2v) is 8.27. The minimum atomic E-state index is 0.0164. The van der Waals surface area contributed by atoms with Crippen LogP contribution in [0.3, 0.4) is 0 Å². The van der Waals surface area contributed by atoms with Crippen molar-refractivity contribution in [1.82, 2.24) is 14.8 Å². The van der Waals surface area contributed by atoms with Gasteiger partial charge in [0.2, 0.25) is 5.70 Å². The lowest BCUT2D eigenvalue weighted by Gasteiger charge is -2.33. The molecule has 1 saturated heterocycles. The molecule has 1 aromatic carbocycles. The number of quaternary nitrogens is 1. The number of allylic oxidation sites excluding steroid dienone is 2. The van der Waals surface area contributed by atoms with Crippen LogP contribution in [-0.2, 0) is 0 Å². The third-order valence-corrected chi connectivity index (χ3v) is 6.13. The number of amides is 2. The van der Waals surface area contributed by atoms with Gasteiger partial charge in [0, 0.05) is 44.0 Å². The summed E-state index contributed by atoms with van der Waals surface area (Å²) in [6.45, 7) is 1.43. The Balaban J connectivity index is 1.48. The molecule has 30 heavy (non-hydrogen) atoms. The highest BCUT2D eigenvalue weighted by molar-refractivity contribution is 6.02. The molecular formula is C22H26N7O+. The number of aromatic amines is 1. The molecule has 1 atom stereocenters. The van der Waals surface area contributed by atoms with Crippen molar-refractivity contribution in [2.75, 3.05) is 27.2 Å². The maximum atomic E-state index is 12.3. The summed E-state index contributed by atoms with van der Waals surface area (Å²) < 4.78 is 0.0164. The molecule has 2 aromatic rings. The van der Waals surface area contributed by atoms with E-state index in [9.17, 15) is 4.79 Å². The van der Waals surface area contributed by atoms with Gasteiger partial charge in [-0.1, -0.05) is 18.2 Å². The van der Waals surface area contributed by atoms with Gasteiger partial charge in [-0.3, -0.25) is 4.99 Å². The Kier molecular flexibility index (Phi) is 4.34. The number of nitrogens with one attached hydrogen (secondary N) is 1. The fourth-order valence-electron chi connectivity index (χ4n) is 4.51. The number of aliphatic imine (C=N–C) groups is 2. The van der Waals surface area contributed by atoms with Crippen LogP contribution >= 0.6 is 0 Å². The van der Waals surface area contributed by atoms with Gasteiger partial charge in [0.15, 0.2) is 0 Å². The number of urea groups is 1. The molecule has 4 heterocycles. The highest BCUT2D eigenvalue weighted by Gasteiger charge is 2.46. The molecule has 1 unspecified atom stereocenters. The van der Waals surface area contributed by atoms with Crippen molar-refractivity contribution in [3.63, 3.8) is 0 Å². The number of amidine groups is 1. The monoisotopic (exact) mass is 404 g/mol. The summed E-state index contributed by atoms with van der Waals surface area (Å²) in [5.41, 5.74) is 3.85. The van der Waals surface area contributed by atoms with E-state index in [1.54, 1.807) is 25.2 Å². The van der Waals surface area contributed by atoms with Crippen molar-refractivity contribution in [3.05, 3.63) is 59.8 Å². The van der Waals surface area contributed by atoms with Crippen molar-refractivity contribution in [2.24, 2.45) is 21.7 Å². The van der Waals surface area contributed by atoms with Gasteiger partial charge in [0.1, 0.15) is 17.6 Å². The molecule has 3 aliphatic heterocycles. The molecule has 8 nitrogen and oxygen atoms in total. The molecule has 1 fully saturated rings. The van der Waals surface area contributed by atoms with Crippen LogP contribution in [0.1, 0.15) is 18.5 Å². The lowest BCUT2D eigenvalue weighted by Crippen LogP contribution is -2.53. The number of carbonyl (C=O) groups is 1. The van der Waals surface area contributed by atoms with Crippen LogP contribution in [0.25, 0.3) is 10.9 Å². The number of fused-ring (bicyclic) bond motifs is 2. The van der Waals surface area contributed by atoms with Crippen LogP contribution < -0.4 is 5.84 Å². The second-order valence-electron chi connectivity index (χ2n) is 8.27.